The van der Waals surface area contributed by atoms with Crippen LogP contribution < -0.4 is 0 Å². The van der Waals surface area contributed by atoms with E-state index in [9.17, 15) is 5.11 Å². The van der Waals surface area contributed by atoms with Crippen LogP contribution in [0.25, 0.3) is 22.2 Å². The highest BCUT2D eigenvalue weighted by molar-refractivity contribution is 5.91. The van der Waals surface area contributed by atoms with Gasteiger partial charge in [-0.2, -0.15) is 0 Å². The van der Waals surface area contributed by atoms with Gasteiger partial charge in [-0.05, 0) is 42.3 Å². The van der Waals surface area contributed by atoms with Crippen molar-refractivity contribution in [3.8, 4) is 11.3 Å². The van der Waals surface area contributed by atoms with Gasteiger partial charge in [0.2, 0.25) is 0 Å². The van der Waals surface area contributed by atoms with Crippen LogP contribution in [0.15, 0.2) is 42.7 Å². The van der Waals surface area contributed by atoms with Gasteiger partial charge in [0.15, 0.2) is 0 Å². The Morgan fingerprint density at radius 2 is 2.11 bits per heavy atom. The van der Waals surface area contributed by atoms with E-state index in [2.05, 4.69) is 41.7 Å². The highest BCUT2D eigenvalue weighted by Crippen LogP contribution is 2.32. The van der Waals surface area contributed by atoms with Crippen LogP contribution in [0, 0.1) is 6.92 Å². The van der Waals surface area contributed by atoms with Gasteiger partial charge in [-0.1, -0.05) is 6.07 Å². The third-order valence-corrected chi connectivity index (χ3v) is 3.63. The molecule has 0 aliphatic carbocycles. The summed E-state index contributed by atoms with van der Waals surface area (Å²) in [6.07, 6.45) is 3.67. The van der Waals surface area contributed by atoms with Crippen molar-refractivity contribution < 1.29 is 5.11 Å². The Balaban J connectivity index is 2.32. The number of fused-ring (bicyclic) bond motifs is 1. The quantitative estimate of drug-likeness (QED) is 0.761. The van der Waals surface area contributed by atoms with Crippen LogP contribution in [0.5, 0.6) is 0 Å². The number of aryl methyl sites for hydroxylation is 2. The van der Waals surface area contributed by atoms with Crippen molar-refractivity contribution in [2.75, 3.05) is 0 Å². The predicted octanol–water partition coefficient (Wildman–Crippen LogP) is 3.04. The zero-order valence-electron chi connectivity index (χ0n) is 11.1. The van der Waals surface area contributed by atoms with E-state index < -0.39 is 0 Å². The van der Waals surface area contributed by atoms with E-state index in [4.69, 9.17) is 0 Å². The molecule has 3 nitrogen and oxygen atoms in total. The third kappa shape index (κ3) is 1.83. The van der Waals surface area contributed by atoms with E-state index in [1.165, 1.54) is 22.2 Å². The number of aliphatic hydroxyl groups is 1. The van der Waals surface area contributed by atoms with Crippen LogP contribution in [0.1, 0.15) is 11.1 Å². The zero-order chi connectivity index (χ0) is 13.4. The first-order valence-electron chi connectivity index (χ1n) is 6.31. The number of hydrogen-bond donors (Lipinski definition) is 1. The second-order valence-corrected chi connectivity index (χ2v) is 4.78. The molecule has 0 saturated carbocycles. The molecule has 1 N–H and O–H groups in total. The molecule has 0 aliphatic rings. The first kappa shape index (κ1) is 11.9. The van der Waals surface area contributed by atoms with Crippen molar-refractivity contribution in [2.24, 2.45) is 7.05 Å². The maximum Gasteiger partial charge on any atom is 0.0682 e. The predicted molar refractivity (Wildman–Crippen MR) is 76.8 cm³/mol. The molecule has 0 atom stereocenters. The SMILES string of the molecule is Cc1c(-c2cccnc2)n(C)c2ccc(CO)cc12. The lowest BCUT2D eigenvalue weighted by Gasteiger charge is -2.05. The molecule has 0 amide bonds. The number of rotatable bonds is 2. The van der Waals surface area contributed by atoms with Crippen molar-refractivity contribution >= 4 is 10.9 Å². The molecule has 0 bridgehead atoms. The van der Waals surface area contributed by atoms with Crippen molar-refractivity contribution in [1.29, 1.82) is 0 Å². The normalized spacial score (nSPS) is 11.1. The first-order valence-corrected chi connectivity index (χ1v) is 6.31. The summed E-state index contributed by atoms with van der Waals surface area (Å²) in [5.41, 5.74) is 5.63. The fraction of sp³-hybridized carbons (Fsp3) is 0.188. The molecule has 3 aromatic rings. The van der Waals surface area contributed by atoms with Gasteiger partial charge in [0.05, 0.1) is 12.3 Å². The molecule has 2 aromatic heterocycles. The topological polar surface area (TPSA) is 38.0 Å². The molecular weight excluding hydrogens is 236 g/mol. The molecule has 19 heavy (non-hydrogen) atoms. The van der Waals surface area contributed by atoms with Gasteiger partial charge in [-0.3, -0.25) is 4.98 Å². The number of aromatic nitrogens is 2. The first-order chi connectivity index (χ1) is 9.22. The van der Waals surface area contributed by atoms with Gasteiger partial charge in [-0.15, -0.1) is 0 Å². The van der Waals surface area contributed by atoms with Crippen LogP contribution in [0.3, 0.4) is 0 Å². The number of hydrogen-bond acceptors (Lipinski definition) is 2. The molecule has 0 fully saturated rings. The average Bonchev–Trinajstić information content (AvgIpc) is 2.71. The molecule has 0 saturated heterocycles. The molecule has 3 rings (SSSR count). The van der Waals surface area contributed by atoms with E-state index >= 15 is 0 Å². The summed E-state index contributed by atoms with van der Waals surface area (Å²) in [6, 6.07) is 10.1. The minimum absolute atomic E-state index is 0.0759. The van der Waals surface area contributed by atoms with Gasteiger partial charge in [0.25, 0.3) is 0 Å². The Morgan fingerprint density at radius 3 is 2.79 bits per heavy atom. The van der Waals surface area contributed by atoms with Crippen LogP contribution in [-0.2, 0) is 13.7 Å². The maximum absolute atomic E-state index is 9.26. The van der Waals surface area contributed by atoms with E-state index in [1.807, 2.05) is 18.3 Å². The number of aliphatic hydroxyl groups excluding tert-OH is 1. The lowest BCUT2D eigenvalue weighted by Crippen LogP contribution is -1.92. The molecule has 0 unspecified atom stereocenters. The Hall–Kier alpha value is -2.13. The van der Waals surface area contributed by atoms with Gasteiger partial charge in [-0.25, -0.2) is 0 Å². The van der Waals surface area contributed by atoms with Gasteiger partial charge in [0.1, 0.15) is 0 Å². The fourth-order valence-corrected chi connectivity index (χ4v) is 2.69. The minimum atomic E-state index is 0.0759. The lowest BCUT2D eigenvalue weighted by atomic mass is 10.1. The molecular formula is C16H16N2O. The molecule has 96 valence electrons. The average molecular weight is 252 g/mol. The second-order valence-electron chi connectivity index (χ2n) is 4.78. The van der Waals surface area contributed by atoms with E-state index in [0.717, 1.165) is 11.1 Å². The van der Waals surface area contributed by atoms with Crippen LogP contribution in [-0.4, -0.2) is 14.7 Å². The van der Waals surface area contributed by atoms with Crippen molar-refractivity contribution in [3.63, 3.8) is 0 Å². The largest absolute Gasteiger partial charge is 0.392 e. The smallest absolute Gasteiger partial charge is 0.0682 e. The van der Waals surface area contributed by atoms with Crippen LogP contribution in [0.2, 0.25) is 0 Å². The summed E-state index contributed by atoms with van der Waals surface area (Å²) in [5, 5.41) is 10.5. The molecule has 2 heterocycles. The van der Waals surface area contributed by atoms with Crippen molar-refractivity contribution in [1.82, 2.24) is 9.55 Å². The highest BCUT2D eigenvalue weighted by atomic mass is 16.3. The summed E-state index contributed by atoms with van der Waals surface area (Å²) in [7, 11) is 2.07. The highest BCUT2D eigenvalue weighted by Gasteiger charge is 2.13. The van der Waals surface area contributed by atoms with Gasteiger partial charge >= 0.3 is 0 Å². The minimum Gasteiger partial charge on any atom is -0.392 e. The molecule has 0 spiro atoms. The Morgan fingerprint density at radius 1 is 1.26 bits per heavy atom. The van der Waals surface area contributed by atoms with Crippen molar-refractivity contribution in [2.45, 2.75) is 13.5 Å². The van der Waals surface area contributed by atoms with Crippen LogP contribution in [0.4, 0.5) is 0 Å². The molecule has 1 aromatic carbocycles. The Labute approximate surface area is 112 Å². The van der Waals surface area contributed by atoms with Crippen LogP contribution >= 0.6 is 0 Å². The Kier molecular flexibility index (Phi) is 2.84. The molecule has 0 aliphatic heterocycles. The van der Waals surface area contributed by atoms with Gasteiger partial charge in [0, 0.05) is 35.9 Å². The Bertz CT molecular complexity index is 729. The van der Waals surface area contributed by atoms with Gasteiger partial charge < -0.3 is 9.67 Å². The fourth-order valence-electron chi connectivity index (χ4n) is 2.69. The maximum atomic E-state index is 9.26. The standard InChI is InChI=1S/C16H16N2O/c1-11-14-8-12(10-19)5-6-15(14)18(2)16(11)13-4-3-7-17-9-13/h3-9,19H,10H2,1-2H3. The number of nitrogens with zero attached hydrogens (tertiary/aromatic N) is 2. The number of pyridine rings is 1. The number of benzene rings is 1. The summed E-state index contributed by atoms with van der Waals surface area (Å²) >= 11 is 0. The summed E-state index contributed by atoms with van der Waals surface area (Å²) in [6.45, 7) is 2.19. The van der Waals surface area contributed by atoms with E-state index in [-0.39, 0.29) is 6.61 Å². The monoisotopic (exact) mass is 252 g/mol. The summed E-state index contributed by atoms with van der Waals surface area (Å²) < 4.78 is 2.18. The lowest BCUT2D eigenvalue weighted by molar-refractivity contribution is 0.282. The zero-order valence-corrected chi connectivity index (χ0v) is 11.1. The van der Waals surface area contributed by atoms with E-state index in [0.29, 0.717) is 0 Å². The van der Waals surface area contributed by atoms with E-state index in [1.54, 1.807) is 6.20 Å². The second kappa shape index (κ2) is 4.52. The van der Waals surface area contributed by atoms with Crippen molar-refractivity contribution in [3.05, 3.63) is 53.9 Å². The molecule has 3 heteroatoms. The summed E-state index contributed by atoms with van der Waals surface area (Å²) in [4.78, 5) is 4.19. The molecule has 0 radical (unpaired) electrons. The third-order valence-electron chi connectivity index (χ3n) is 3.63. The summed E-state index contributed by atoms with van der Waals surface area (Å²) in [5.74, 6) is 0.